The van der Waals surface area contributed by atoms with Crippen molar-refractivity contribution < 1.29 is 24.5 Å². The van der Waals surface area contributed by atoms with Crippen LogP contribution in [0.15, 0.2) is 24.3 Å². The summed E-state index contributed by atoms with van der Waals surface area (Å²) in [6.07, 6.45) is 99.9. The van der Waals surface area contributed by atoms with Crippen LogP contribution in [0.1, 0.15) is 463 Å². The van der Waals surface area contributed by atoms with Crippen LogP contribution in [0.4, 0.5) is 0 Å². The minimum absolute atomic E-state index is 0.0201. The Morgan fingerprint density at radius 2 is 0.568 bits per heavy atom. The highest BCUT2D eigenvalue weighted by molar-refractivity contribution is 5.76. The second-order valence-corrected chi connectivity index (χ2v) is 28.1. The summed E-state index contributed by atoms with van der Waals surface area (Å²) in [5.41, 5.74) is 0. The lowest BCUT2D eigenvalue weighted by molar-refractivity contribution is -0.143. The largest absolute Gasteiger partial charge is 0.466 e. The normalized spacial score (nSPS) is 12.5. The lowest BCUT2D eigenvalue weighted by Gasteiger charge is -2.22. The van der Waals surface area contributed by atoms with Crippen LogP contribution in [0.25, 0.3) is 0 Å². The molecular formula is C82H159NO5. The van der Waals surface area contributed by atoms with Gasteiger partial charge < -0.3 is 20.3 Å². The minimum Gasteiger partial charge on any atom is -0.466 e. The number of allylic oxidation sites excluding steroid dienone is 4. The fraction of sp³-hybridized carbons (Fsp3) is 0.927. The first kappa shape index (κ1) is 86.3. The van der Waals surface area contributed by atoms with Gasteiger partial charge in [0, 0.05) is 12.8 Å². The third-order valence-electron chi connectivity index (χ3n) is 19.3. The molecule has 88 heavy (non-hydrogen) atoms. The van der Waals surface area contributed by atoms with Crippen LogP contribution < -0.4 is 5.32 Å². The van der Waals surface area contributed by atoms with E-state index in [4.69, 9.17) is 4.74 Å². The van der Waals surface area contributed by atoms with Gasteiger partial charge in [-0.1, -0.05) is 417 Å². The highest BCUT2D eigenvalue weighted by Gasteiger charge is 2.20. The van der Waals surface area contributed by atoms with Crippen LogP contribution in [0.5, 0.6) is 0 Å². The van der Waals surface area contributed by atoms with Crippen molar-refractivity contribution in [3.05, 3.63) is 24.3 Å². The molecule has 3 N–H and O–H groups in total. The zero-order valence-electron chi connectivity index (χ0n) is 60.0. The molecular weight excluding hydrogens is 1080 g/mol. The summed E-state index contributed by atoms with van der Waals surface area (Å²) in [4.78, 5) is 24.6. The predicted molar refractivity (Wildman–Crippen MR) is 389 cm³/mol. The molecule has 0 bridgehead atoms. The van der Waals surface area contributed by atoms with E-state index in [1.807, 2.05) is 0 Å². The van der Waals surface area contributed by atoms with Gasteiger partial charge in [-0.2, -0.15) is 0 Å². The summed E-state index contributed by atoms with van der Waals surface area (Å²) in [6.45, 7) is 5.01. The second-order valence-electron chi connectivity index (χ2n) is 28.1. The molecule has 6 heteroatoms. The molecule has 0 aliphatic heterocycles. The molecule has 0 aromatic heterocycles. The smallest absolute Gasteiger partial charge is 0.305 e. The van der Waals surface area contributed by atoms with Gasteiger partial charge >= 0.3 is 5.97 Å². The summed E-state index contributed by atoms with van der Waals surface area (Å²) >= 11 is 0. The van der Waals surface area contributed by atoms with E-state index >= 15 is 0 Å². The van der Waals surface area contributed by atoms with Crippen molar-refractivity contribution in [2.45, 2.75) is 475 Å². The average Bonchev–Trinajstić information content (AvgIpc) is 3.58. The molecule has 522 valence electrons. The maximum absolute atomic E-state index is 12.6. The highest BCUT2D eigenvalue weighted by atomic mass is 16.5. The Morgan fingerprint density at radius 1 is 0.318 bits per heavy atom. The molecule has 6 nitrogen and oxygen atoms in total. The van der Waals surface area contributed by atoms with Crippen molar-refractivity contribution in [3.63, 3.8) is 0 Å². The first-order valence-electron chi connectivity index (χ1n) is 40.6. The van der Waals surface area contributed by atoms with Crippen molar-refractivity contribution in [1.29, 1.82) is 0 Å². The van der Waals surface area contributed by atoms with Crippen LogP contribution in [0.2, 0.25) is 0 Å². The van der Waals surface area contributed by atoms with Crippen LogP contribution in [0, 0.1) is 0 Å². The topological polar surface area (TPSA) is 95.9 Å². The zero-order valence-corrected chi connectivity index (χ0v) is 60.0. The summed E-state index contributed by atoms with van der Waals surface area (Å²) < 4.78 is 5.50. The summed E-state index contributed by atoms with van der Waals surface area (Å²) in [6, 6.07) is -0.541. The van der Waals surface area contributed by atoms with Gasteiger partial charge in [-0.15, -0.1) is 0 Å². The number of aliphatic hydroxyl groups excluding tert-OH is 2. The Kier molecular flexibility index (Phi) is 76.3. The number of hydrogen-bond donors (Lipinski definition) is 3. The van der Waals surface area contributed by atoms with E-state index in [2.05, 4.69) is 43.5 Å². The lowest BCUT2D eigenvalue weighted by atomic mass is 10.0. The number of aliphatic hydroxyl groups is 2. The molecule has 0 radical (unpaired) electrons. The van der Waals surface area contributed by atoms with E-state index in [-0.39, 0.29) is 18.5 Å². The molecule has 0 spiro atoms. The number of nitrogens with one attached hydrogen (secondary N) is 1. The summed E-state index contributed by atoms with van der Waals surface area (Å²) in [5, 5.41) is 23.5. The minimum atomic E-state index is -0.664. The van der Waals surface area contributed by atoms with Gasteiger partial charge in [-0.05, 0) is 57.8 Å². The quantitative estimate of drug-likeness (QED) is 0.0320. The molecule has 2 atom stereocenters. The number of hydrogen-bond acceptors (Lipinski definition) is 5. The van der Waals surface area contributed by atoms with Crippen molar-refractivity contribution in [2.75, 3.05) is 13.2 Å². The number of ether oxygens (including phenoxy) is 1. The molecule has 0 heterocycles. The van der Waals surface area contributed by atoms with E-state index in [9.17, 15) is 19.8 Å². The third-order valence-corrected chi connectivity index (χ3v) is 19.3. The average molecular weight is 1240 g/mol. The maximum Gasteiger partial charge on any atom is 0.305 e. The van der Waals surface area contributed by atoms with E-state index in [1.165, 1.54) is 385 Å². The summed E-state index contributed by atoms with van der Waals surface area (Å²) in [7, 11) is 0. The molecule has 0 aliphatic carbocycles. The van der Waals surface area contributed by atoms with Gasteiger partial charge in [0.1, 0.15) is 0 Å². The zero-order chi connectivity index (χ0) is 63.5. The number of unbranched alkanes of at least 4 members (excludes halogenated alkanes) is 62. The second kappa shape index (κ2) is 77.8. The molecule has 1 amide bonds. The molecule has 0 aromatic carbocycles. The van der Waals surface area contributed by atoms with Crippen LogP contribution in [-0.4, -0.2) is 47.4 Å². The fourth-order valence-corrected chi connectivity index (χ4v) is 13.1. The van der Waals surface area contributed by atoms with Gasteiger partial charge in [0.25, 0.3) is 0 Å². The highest BCUT2D eigenvalue weighted by Crippen LogP contribution is 2.20. The molecule has 0 rings (SSSR count). The Balaban J connectivity index is 3.36. The van der Waals surface area contributed by atoms with E-state index in [0.717, 1.165) is 44.9 Å². The number of carbonyl (C=O) groups excluding carboxylic acids is 2. The van der Waals surface area contributed by atoms with Crippen LogP contribution >= 0.6 is 0 Å². The Morgan fingerprint density at radius 3 is 0.864 bits per heavy atom. The first-order valence-corrected chi connectivity index (χ1v) is 40.6. The molecule has 2 unspecified atom stereocenters. The van der Waals surface area contributed by atoms with E-state index < -0.39 is 12.1 Å². The number of amides is 1. The Labute approximate surface area is 551 Å². The molecule has 0 aliphatic rings. The van der Waals surface area contributed by atoms with Gasteiger partial charge in [0.05, 0.1) is 25.4 Å². The molecule has 0 aromatic rings. The maximum atomic E-state index is 12.6. The molecule has 0 saturated heterocycles. The number of rotatable bonds is 77. The van der Waals surface area contributed by atoms with Gasteiger partial charge in [-0.25, -0.2) is 0 Å². The van der Waals surface area contributed by atoms with Crippen molar-refractivity contribution in [2.24, 2.45) is 0 Å². The summed E-state index contributed by atoms with van der Waals surface area (Å²) in [5.74, 6) is -0.00694. The van der Waals surface area contributed by atoms with Crippen molar-refractivity contribution >= 4 is 11.9 Å². The Bertz CT molecular complexity index is 1380. The van der Waals surface area contributed by atoms with E-state index in [0.29, 0.717) is 25.9 Å². The van der Waals surface area contributed by atoms with Gasteiger partial charge in [-0.3, -0.25) is 9.59 Å². The van der Waals surface area contributed by atoms with Gasteiger partial charge in [0.2, 0.25) is 5.91 Å². The SMILES string of the molecule is CCCCCCCCCCCCCCCCCCCCCCCCC(O)C(CO)NC(=O)CCCCCCCCCCCCCCCCCCC/C=C\C/C=C\CCCCCCCCCCCCCOC(=O)CCCCCCCCCCCCCCCC. The lowest BCUT2D eigenvalue weighted by Crippen LogP contribution is -2.45. The molecule has 0 saturated carbocycles. The van der Waals surface area contributed by atoms with E-state index in [1.54, 1.807) is 0 Å². The predicted octanol–water partition coefficient (Wildman–Crippen LogP) is 26.8. The monoisotopic (exact) mass is 1240 g/mol. The van der Waals surface area contributed by atoms with Crippen LogP contribution in [-0.2, 0) is 14.3 Å². The molecule has 0 fully saturated rings. The fourth-order valence-electron chi connectivity index (χ4n) is 13.1. The number of carbonyl (C=O) groups is 2. The number of esters is 1. The van der Waals surface area contributed by atoms with Crippen molar-refractivity contribution in [3.8, 4) is 0 Å². The first-order chi connectivity index (χ1) is 43.5. The van der Waals surface area contributed by atoms with Crippen LogP contribution in [0.3, 0.4) is 0 Å². The standard InChI is InChI=1S/C82H159NO5/c1-3-5-7-9-11-13-15-17-19-20-21-22-38-41-44-47-50-54-58-62-66-70-74-80(85)79(78-84)83-81(86)75-71-67-63-59-55-51-48-45-42-39-36-34-32-30-28-26-24-23-25-27-29-31-33-35-37-40-43-46-49-53-57-61-65-69-73-77-88-82(87)76-72-68-64-60-56-52-18-16-14-12-10-8-6-4-2/h25,27,31,33,79-80,84-85H,3-24,26,28-30,32,34-78H2,1-2H3,(H,83,86)/b27-25-,33-31-. The van der Waals surface area contributed by atoms with Gasteiger partial charge in [0.15, 0.2) is 0 Å². The Hall–Kier alpha value is -1.66. The third kappa shape index (κ3) is 73.4. The van der Waals surface area contributed by atoms with Crippen molar-refractivity contribution in [1.82, 2.24) is 5.32 Å².